The number of nitrogens with one attached hydrogen (secondary N) is 6. The summed E-state index contributed by atoms with van der Waals surface area (Å²) in [5.41, 5.74) is 0. The van der Waals surface area contributed by atoms with Crippen molar-refractivity contribution < 1.29 is 298 Å². The van der Waals surface area contributed by atoms with E-state index in [1.165, 1.54) is 6.92 Å². The van der Waals surface area contributed by atoms with E-state index in [0.29, 0.717) is 0 Å². The molecule has 0 saturated carbocycles. The monoisotopic (exact) mass is 2200 g/mol. The van der Waals surface area contributed by atoms with Gasteiger partial charge in [0, 0.05) is 48.0 Å². The molecule has 1 unspecified atom stereocenters. The summed E-state index contributed by atoms with van der Waals surface area (Å²) in [7, 11) is -5.64. The van der Waals surface area contributed by atoms with Gasteiger partial charge < -0.3 is 279 Å². The molecule has 0 aromatic heterocycles. The second-order valence-electron chi connectivity index (χ2n) is 37.2. The van der Waals surface area contributed by atoms with Gasteiger partial charge in [0.15, 0.2) is 62.9 Å². The standard InChI is InChI=1S/C81H134N6O61S/c1-19-43(104)55(116)56(117)75(129-19)146-69-68(145-72-38(83-21(3)97)51(112)45(106)28(10-89)131-72)49(110)32(14-93)135-79(69)141-62-36(18-128-149(124,125)126)138-74(41(54(62)115)86-24(6)100)144-65-46(107)29(11-90)132-76(57(65)118)139-60-33(15-94)136-71(39(52(60)113)84-22(4)98)127-17-35-50(111)63(42(70(121)130-35)87-25(7)101)142-77-58(119)66(47(108)30(12-91)133-77)143-73-40(85-23(5)99)53(114)61(34(16-95)137-73)140-78-59(120)67(48(109)31(13-92)134-78)148-81(80(122)123)8-26(102)37(82-20(2)96)64(147-81)44(105)27(103)9-88/h19,26-79,88-95,102-121H,8-18H2,1-7H3,(H,82,96)(H,83,97)(H,84,98)(H,85,99)(H,86,100)(H,87,101)(H,122,123)(H,124,125,126)/t19-,26-,27+,28+,29+,30+,31+,32+,33+,34+,35+,36+,37+,38+,39+,40+,41+,42+,43+,44+,45-,46-,47-,48-,49-,50-,51+,52+,53+,54+,55+,56-,57+,58+,59+,60+,61+,62+,63+,64+,65-,66-,67-,68-,69+,70?,71+,72+,73-,74-,75-,76-,77-,78-,79-,81-/m0/s1. The van der Waals surface area contributed by atoms with Crippen LogP contribution >= 0.6 is 0 Å². The second kappa shape index (κ2) is 53.0. The predicted octanol–water partition coefficient (Wildman–Crippen LogP) is -24.1. The molecule has 56 atom stereocenters. The zero-order valence-electron chi connectivity index (χ0n) is 80.0. The van der Waals surface area contributed by atoms with E-state index in [0.717, 1.165) is 41.5 Å². The lowest BCUT2D eigenvalue weighted by atomic mass is 9.88. The van der Waals surface area contributed by atoms with Crippen molar-refractivity contribution in [3.05, 3.63) is 0 Å². The molecule has 0 aromatic carbocycles. The number of carbonyl (C=O) groups is 7. The van der Waals surface area contributed by atoms with Crippen molar-refractivity contribution in [3.63, 3.8) is 0 Å². The Bertz CT molecular complexity index is 4440. The Morgan fingerprint density at radius 3 is 1.09 bits per heavy atom. The molecule has 11 rings (SSSR count). The van der Waals surface area contributed by atoms with E-state index in [9.17, 15) is 195 Å². The normalized spacial score (nSPS) is 46.4. The molecular weight excluding hydrogens is 2060 g/mol. The quantitative estimate of drug-likeness (QED) is 0.0253. The van der Waals surface area contributed by atoms with Crippen LogP contribution in [0.4, 0.5) is 0 Å². The van der Waals surface area contributed by atoms with Crippen molar-refractivity contribution in [1.82, 2.24) is 31.9 Å². The van der Waals surface area contributed by atoms with E-state index in [1.807, 2.05) is 0 Å². The molecule has 860 valence electrons. The summed E-state index contributed by atoms with van der Waals surface area (Å²) in [4.78, 5) is 90.5. The molecule has 67 nitrogen and oxygen atoms in total. The Hall–Kier alpha value is -5.80. The number of rotatable bonds is 41. The molecule has 6 amide bonds. The van der Waals surface area contributed by atoms with Crippen LogP contribution in [0.3, 0.4) is 0 Å². The molecule has 11 aliphatic heterocycles. The summed E-state index contributed by atoms with van der Waals surface area (Å²) in [5.74, 6) is -11.3. The second-order valence-corrected chi connectivity index (χ2v) is 38.3. The molecular formula is C81H134N6O61S. The van der Waals surface area contributed by atoms with Crippen molar-refractivity contribution in [2.24, 2.45) is 0 Å². The van der Waals surface area contributed by atoms with E-state index in [2.05, 4.69) is 36.1 Å². The predicted molar refractivity (Wildman–Crippen MR) is 458 cm³/mol. The van der Waals surface area contributed by atoms with E-state index >= 15 is 0 Å². The van der Waals surface area contributed by atoms with Gasteiger partial charge in [0.25, 0.3) is 5.79 Å². The highest BCUT2D eigenvalue weighted by Gasteiger charge is 2.65. The maximum absolute atomic E-state index is 13.3. The van der Waals surface area contributed by atoms with Crippen LogP contribution < -0.4 is 31.9 Å². The first kappa shape index (κ1) is 123. The number of carboxylic acids is 1. The summed E-state index contributed by atoms with van der Waals surface area (Å²) in [6, 6.07) is -11.8. The van der Waals surface area contributed by atoms with E-state index < -0.39 is 467 Å². The van der Waals surface area contributed by atoms with Gasteiger partial charge in [-0.1, -0.05) is 0 Å². The molecule has 11 aliphatic rings. The van der Waals surface area contributed by atoms with Gasteiger partial charge in [0.05, 0.1) is 84.3 Å². The number of hydrogen-bond acceptors (Lipinski definition) is 59. The first-order valence-corrected chi connectivity index (χ1v) is 48.1. The summed E-state index contributed by atoms with van der Waals surface area (Å²) >= 11 is 0. The molecule has 0 aromatic rings. The van der Waals surface area contributed by atoms with Crippen molar-refractivity contribution in [3.8, 4) is 0 Å². The highest BCUT2D eigenvalue weighted by atomic mass is 32.3. The highest BCUT2D eigenvalue weighted by molar-refractivity contribution is 7.80. The van der Waals surface area contributed by atoms with Crippen molar-refractivity contribution in [2.45, 2.75) is 398 Å². The third-order valence-electron chi connectivity index (χ3n) is 26.5. The number of hydrogen-bond donors (Lipinski definition) is 36. The topological polar surface area (TPSA) is 1040 Å². The van der Waals surface area contributed by atoms with Gasteiger partial charge in [-0.2, -0.15) is 8.42 Å². The molecule has 0 bridgehead atoms. The van der Waals surface area contributed by atoms with Crippen LogP contribution in [0, 0.1) is 0 Å². The van der Waals surface area contributed by atoms with Gasteiger partial charge in [-0.3, -0.25) is 33.3 Å². The van der Waals surface area contributed by atoms with E-state index in [1.54, 1.807) is 0 Å². The summed E-state index contributed by atoms with van der Waals surface area (Å²) in [6.07, 6.45) is -109. The zero-order chi connectivity index (χ0) is 110. The Morgan fingerprint density at radius 2 is 0.651 bits per heavy atom. The molecule has 0 aliphatic carbocycles. The zero-order valence-corrected chi connectivity index (χ0v) is 80.8. The Kier molecular flexibility index (Phi) is 43.9. The van der Waals surface area contributed by atoms with Gasteiger partial charge >= 0.3 is 16.4 Å². The number of carboxylic acid groups (broad SMARTS) is 1. The minimum absolute atomic E-state index is 0.840. The summed E-state index contributed by atoms with van der Waals surface area (Å²) in [5, 5.41) is 342. The Labute approximate surface area is 843 Å². The molecule has 11 saturated heterocycles. The van der Waals surface area contributed by atoms with Gasteiger partial charge in [0.2, 0.25) is 35.4 Å². The number of aliphatic carboxylic acids is 1. The first-order valence-electron chi connectivity index (χ1n) is 46.8. The van der Waals surface area contributed by atoms with Crippen LogP contribution in [-0.4, -0.2) is 612 Å². The molecule has 11 fully saturated rings. The van der Waals surface area contributed by atoms with Crippen molar-refractivity contribution >= 4 is 51.8 Å². The van der Waals surface area contributed by atoms with E-state index in [-0.39, 0.29) is 0 Å². The number of amides is 6. The largest absolute Gasteiger partial charge is 0.477 e. The minimum atomic E-state index is -5.64. The van der Waals surface area contributed by atoms with Crippen molar-refractivity contribution in [2.75, 3.05) is 66.1 Å². The lowest BCUT2D eigenvalue weighted by molar-refractivity contribution is -0.402. The smallest absolute Gasteiger partial charge is 0.397 e. The SMILES string of the molecule is CC(=O)N[C@H]1[C@H](OC[C@H]2OC(O)[C@H](NC(C)=O)[C@@H](O[C@@H]3O[C@H](CO)[C@H](O)[C@H](O[C@@H]4O[C@H](CO)[C@@H](O[C@@H]5O[C@H](CO)[C@H](O)[C@H](O[C@]6(C(=O)O)C[C@H](O)[C@@H](NC(C)=O)[C@H]([C@H](O)[C@H](O)CO)O6)[C@H]5O)[C@H](O)[C@H]4NC(C)=O)[C@H]3O)[C@H]2O)O[C@H](CO)[C@@H](O[C@@H]2O[C@H](CO)[C@H](O)[C@H](O[C@@H]3O[C@H](COS(=O)(=O)O)[C@@H](O[C@@H]4O[C@H](CO)[C@H](O)[C@H](O[C@H]5O[C@H](CO)[C@H](O)[C@H](O)[C@H]5NC(C)=O)[C@H]4O[C@@H]4O[C@@H](C)[C@@H](O)[C@@H](O)[C@@H]4O)[C@H](O)[C@H]3NC(C)=O)[C@H]2O)[C@@H]1O. The number of aliphatic hydroxyl groups is 28. The summed E-state index contributed by atoms with van der Waals surface area (Å²) in [6.45, 7) is -5.70. The van der Waals surface area contributed by atoms with Gasteiger partial charge in [-0.05, 0) is 6.92 Å². The van der Waals surface area contributed by atoms with Crippen LogP contribution in [0.1, 0.15) is 54.9 Å². The van der Waals surface area contributed by atoms with Crippen LogP contribution in [0.25, 0.3) is 0 Å². The first-order chi connectivity index (χ1) is 70.0. The summed E-state index contributed by atoms with van der Waals surface area (Å²) < 4.78 is 164. The molecule has 0 radical (unpaired) electrons. The average Bonchev–Trinajstić information content (AvgIpc) is 0.748. The fraction of sp³-hybridized carbons (Fsp3) is 0.914. The lowest BCUT2D eigenvalue weighted by Crippen LogP contribution is -2.71. The molecule has 36 N–H and O–H groups in total. The maximum atomic E-state index is 13.3. The Balaban J connectivity index is 0.801. The maximum Gasteiger partial charge on any atom is 0.397 e. The van der Waals surface area contributed by atoms with Crippen LogP contribution in [-0.2, 0) is 148 Å². The fourth-order valence-corrected chi connectivity index (χ4v) is 19.3. The number of aliphatic hydroxyl groups excluding tert-OH is 28. The number of ether oxygens (including phenoxy) is 21. The van der Waals surface area contributed by atoms with Gasteiger partial charge in [-0.25, -0.2) is 8.98 Å². The lowest BCUT2D eigenvalue weighted by Gasteiger charge is -2.52. The molecule has 149 heavy (non-hydrogen) atoms. The van der Waals surface area contributed by atoms with Crippen LogP contribution in [0.5, 0.6) is 0 Å². The van der Waals surface area contributed by atoms with E-state index in [4.69, 9.17) is 99.5 Å². The van der Waals surface area contributed by atoms with Crippen LogP contribution in [0.15, 0.2) is 0 Å². The van der Waals surface area contributed by atoms with Crippen molar-refractivity contribution in [1.29, 1.82) is 0 Å². The molecule has 0 spiro atoms. The van der Waals surface area contributed by atoms with Gasteiger partial charge in [-0.15, -0.1) is 0 Å². The fourth-order valence-electron chi connectivity index (χ4n) is 19.0. The third-order valence-corrected chi connectivity index (χ3v) is 27.0. The molecule has 68 heteroatoms. The Morgan fingerprint density at radius 1 is 0.322 bits per heavy atom. The molecule has 11 heterocycles. The van der Waals surface area contributed by atoms with Crippen LogP contribution in [0.2, 0.25) is 0 Å². The van der Waals surface area contributed by atoms with Gasteiger partial charge in [0.1, 0.15) is 256 Å². The average molecular weight is 2200 g/mol. The highest BCUT2D eigenvalue weighted by Crippen LogP contribution is 2.44. The third kappa shape index (κ3) is 28.3. The number of carbonyl (C=O) groups excluding carboxylic acids is 6. The minimum Gasteiger partial charge on any atom is -0.477 e.